The van der Waals surface area contributed by atoms with E-state index in [0.717, 1.165) is 19.1 Å². The number of carbonyl (C=O) groups is 2. The highest BCUT2D eigenvalue weighted by Gasteiger charge is 2.29. The Hall–Kier alpha value is -2.43. The van der Waals surface area contributed by atoms with Crippen molar-refractivity contribution in [3.05, 3.63) is 47.7 Å². The number of hydrogen-bond acceptors (Lipinski definition) is 4. The molecule has 2 aromatic rings. The van der Waals surface area contributed by atoms with Crippen molar-refractivity contribution < 1.29 is 14.0 Å². The molecule has 1 aromatic heterocycles. The summed E-state index contributed by atoms with van der Waals surface area (Å²) < 4.78 is 5.26. The molecule has 1 saturated carbocycles. The Labute approximate surface area is 109 Å². The summed E-state index contributed by atoms with van der Waals surface area (Å²) in [5, 5.41) is 2.69. The molecule has 0 saturated heterocycles. The van der Waals surface area contributed by atoms with Gasteiger partial charge in [-0.3, -0.25) is 9.59 Å². The number of anilines is 1. The number of nitrogens with one attached hydrogen (secondary N) is 1. The summed E-state index contributed by atoms with van der Waals surface area (Å²) in [5.74, 6) is 0.672. The van der Waals surface area contributed by atoms with Gasteiger partial charge >= 0.3 is 0 Å². The topological polar surface area (TPSA) is 72.2 Å². The number of rotatable bonds is 4. The number of oxazole rings is 1. The van der Waals surface area contributed by atoms with Gasteiger partial charge in [-0.15, -0.1) is 0 Å². The fourth-order valence-corrected chi connectivity index (χ4v) is 1.79. The molecule has 1 N–H and O–H groups in total. The molecule has 0 aliphatic heterocycles. The molecule has 3 rings (SSSR count). The van der Waals surface area contributed by atoms with E-state index in [9.17, 15) is 9.59 Å². The minimum Gasteiger partial charge on any atom is -0.448 e. The Bertz CT molecular complexity index is 629. The smallest absolute Gasteiger partial charge is 0.277 e. The average Bonchev–Trinajstić information content (AvgIpc) is 3.16. The zero-order chi connectivity index (χ0) is 13.2. The van der Waals surface area contributed by atoms with Crippen LogP contribution in [0.3, 0.4) is 0 Å². The predicted molar refractivity (Wildman–Crippen MR) is 68.3 cm³/mol. The number of carbonyl (C=O) groups excluding carboxylic acids is 2. The summed E-state index contributed by atoms with van der Waals surface area (Å²) in [6.45, 7) is 0. The van der Waals surface area contributed by atoms with Crippen LogP contribution in [0.4, 0.5) is 5.69 Å². The molecule has 5 nitrogen and oxygen atoms in total. The fourth-order valence-electron chi connectivity index (χ4n) is 1.79. The van der Waals surface area contributed by atoms with Crippen molar-refractivity contribution in [2.75, 3.05) is 5.32 Å². The minimum atomic E-state index is -0.335. The maximum atomic E-state index is 11.9. The van der Waals surface area contributed by atoms with E-state index in [1.54, 1.807) is 24.3 Å². The lowest BCUT2D eigenvalue weighted by atomic mass is 10.2. The van der Waals surface area contributed by atoms with Crippen LogP contribution in [0.5, 0.6) is 0 Å². The van der Waals surface area contributed by atoms with Gasteiger partial charge < -0.3 is 9.73 Å². The Morgan fingerprint density at radius 3 is 3.00 bits per heavy atom. The summed E-state index contributed by atoms with van der Waals surface area (Å²) in [7, 11) is 0. The molecule has 0 atom stereocenters. The SMILES string of the molecule is O=Cc1cccc(NC(=O)c2coc(C3CC3)n2)c1. The lowest BCUT2D eigenvalue weighted by Gasteiger charge is -2.02. The van der Waals surface area contributed by atoms with Crippen LogP contribution in [0.25, 0.3) is 0 Å². The van der Waals surface area contributed by atoms with Gasteiger partial charge in [-0.1, -0.05) is 12.1 Å². The van der Waals surface area contributed by atoms with E-state index >= 15 is 0 Å². The summed E-state index contributed by atoms with van der Waals surface area (Å²) in [6.07, 6.45) is 4.25. The zero-order valence-electron chi connectivity index (χ0n) is 10.1. The number of aldehydes is 1. The largest absolute Gasteiger partial charge is 0.448 e. The van der Waals surface area contributed by atoms with E-state index in [-0.39, 0.29) is 11.6 Å². The lowest BCUT2D eigenvalue weighted by molar-refractivity contribution is 0.102. The van der Waals surface area contributed by atoms with E-state index in [1.165, 1.54) is 6.26 Å². The average molecular weight is 256 g/mol. The van der Waals surface area contributed by atoms with Crippen LogP contribution in [0.15, 0.2) is 34.9 Å². The van der Waals surface area contributed by atoms with E-state index in [0.29, 0.717) is 23.1 Å². The summed E-state index contributed by atoms with van der Waals surface area (Å²) >= 11 is 0. The number of hydrogen-bond donors (Lipinski definition) is 1. The van der Waals surface area contributed by atoms with Gasteiger partial charge in [-0.2, -0.15) is 0 Å². The first-order valence-electron chi connectivity index (χ1n) is 6.08. The molecule has 1 amide bonds. The molecule has 0 spiro atoms. The Morgan fingerprint density at radius 1 is 1.42 bits per heavy atom. The molecule has 19 heavy (non-hydrogen) atoms. The van der Waals surface area contributed by atoms with Gasteiger partial charge in [-0.25, -0.2) is 4.98 Å². The quantitative estimate of drug-likeness (QED) is 0.853. The first-order chi connectivity index (χ1) is 9.26. The first kappa shape index (κ1) is 11.6. The molecule has 96 valence electrons. The summed E-state index contributed by atoms with van der Waals surface area (Å²) in [5.41, 5.74) is 1.33. The van der Waals surface area contributed by atoms with Crippen molar-refractivity contribution in [1.82, 2.24) is 4.98 Å². The molecule has 0 unspecified atom stereocenters. The Balaban J connectivity index is 1.73. The van der Waals surface area contributed by atoms with E-state index < -0.39 is 0 Å². The standard InChI is InChI=1S/C14H12N2O3/c17-7-9-2-1-3-11(6-9)15-13(18)12-8-19-14(16-12)10-4-5-10/h1-3,6-8,10H,4-5H2,(H,15,18). The van der Waals surface area contributed by atoms with Crippen LogP contribution in [-0.2, 0) is 0 Å². The van der Waals surface area contributed by atoms with E-state index in [1.807, 2.05) is 0 Å². The second kappa shape index (κ2) is 4.68. The Kier molecular flexibility index (Phi) is 2.87. The maximum Gasteiger partial charge on any atom is 0.277 e. The number of benzene rings is 1. The molecule has 5 heteroatoms. The van der Waals surface area contributed by atoms with Crippen molar-refractivity contribution in [2.24, 2.45) is 0 Å². The van der Waals surface area contributed by atoms with Crippen LogP contribution in [0.2, 0.25) is 0 Å². The highest BCUT2D eigenvalue weighted by Crippen LogP contribution is 2.39. The van der Waals surface area contributed by atoms with Gasteiger partial charge in [0.15, 0.2) is 11.6 Å². The third kappa shape index (κ3) is 2.54. The van der Waals surface area contributed by atoms with Crippen LogP contribution < -0.4 is 5.32 Å². The van der Waals surface area contributed by atoms with Crippen LogP contribution >= 0.6 is 0 Å². The van der Waals surface area contributed by atoms with E-state index in [2.05, 4.69) is 10.3 Å². The molecule has 0 radical (unpaired) electrons. The van der Waals surface area contributed by atoms with E-state index in [4.69, 9.17) is 4.42 Å². The third-order valence-corrected chi connectivity index (χ3v) is 2.96. The third-order valence-electron chi connectivity index (χ3n) is 2.96. The van der Waals surface area contributed by atoms with Gasteiger partial charge in [0.2, 0.25) is 0 Å². The lowest BCUT2D eigenvalue weighted by Crippen LogP contribution is -2.12. The fraction of sp³-hybridized carbons (Fsp3) is 0.214. The van der Waals surface area contributed by atoms with Crippen molar-refractivity contribution in [3.8, 4) is 0 Å². The monoisotopic (exact) mass is 256 g/mol. The van der Waals surface area contributed by atoms with Crippen molar-refractivity contribution in [1.29, 1.82) is 0 Å². The maximum absolute atomic E-state index is 11.9. The van der Waals surface area contributed by atoms with Crippen molar-refractivity contribution in [3.63, 3.8) is 0 Å². The normalized spacial score (nSPS) is 14.1. The van der Waals surface area contributed by atoms with Crippen LogP contribution in [0.1, 0.15) is 45.5 Å². The molecule has 0 bridgehead atoms. The summed E-state index contributed by atoms with van der Waals surface area (Å²) in [6, 6.07) is 6.70. The molecule has 1 aliphatic rings. The number of nitrogens with zero attached hydrogens (tertiary/aromatic N) is 1. The van der Waals surface area contributed by atoms with Crippen molar-refractivity contribution in [2.45, 2.75) is 18.8 Å². The molecular weight excluding hydrogens is 244 g/mol. The highest BCUT2D eigenvalue weighted by atomic mass is 16.3. The van der Waals surface area contributed by atoms with Crippen LogP contribution in [-0.4, -0.2) is 17.2 Å². The first-order valence-corrected chi connectivity index (χ1v) is 6.08. The number of amides is 1. The van der Waals surface area contributed by atoms with Gasteiger partial charge in [0.25, 0.3) is 5.91 Å². The van der Waals surface area contributed by atoms with Gasteiger partial charge in [0.05, 0.1) is 0 Å². The molecule has 1 aliphatic carbocycles. The minimum absolute atomic E-state index is 0.262. The highest BCUT2D eigenvalue weighted by molar-refractivity contribution is 6.03. The number of aromatic nitrogens is 1. The zero-order valence-corrected chi connectivity index (χ0v) is 10.1. The molecule has 1 aromatic carbocycles. The molecular formula is C14H12N2O3. The predicted octanol–water partition coefficient (Wildman–Crippen LogP) is 2.62. The molecule has 1 fully saturated rings. The second-order valence-electron chi connectivity index (χ2n) is 4.54. The summed E-state index contributed by atoms with van der Waals surface area (Å²) in [4.78, 5) is 26.8. The van der Waals surface area contributed by atoms with Gasteiger partial charge in [-0.05, 0) is 25.0 Å². The van der Waals surface area contributed by atoms with Crippen LogP contribution in [0, 0.1) is 0 Å². The van der Waals surface area contributed by atoms with Crippen molar-refractivity contribution >= 4 is 17.9 Å². The second-order valence-corrected chi connectivity index (χ2v) is 4.54. The van der Waals surface area contributed by atoms with Gasteiger partial charge in [0.1, 0.15) is 12.5 Å². The van der Waals surface area contributed by atoms with Gasteiger partial charge in [0, 0.05) is 17.2 Å². The molecule has 1 heterocycles. The Morgan fingerprint density at radius 2 is 2.26 bits per heavy atom.